The number of hydrogen-bond donors (Lipinski definition) is 1. The molecule has 1 heterocycles. The first kappa shape index (κ1) is 12.2. The highest BCUT2D eigenvalue weighted by Crippen LogP contribution is 2.25. The highest BCUT2D eigenvalue weighted by atomic mass is 19.2. The first-order valence-electron chi connectivity index (χ1n) is 4.82. The van der Waals surface area contributed by atoms with Gasteiger partial charge in [-0.3, -0.25) is 4.68 Å². The average Bonchev–Trinajstić information content (AvgIpc) is 2.66. The Kier molecular flexibility index (Phi) is 2.82. The Hall–Kier alpha value is -2.31. The third kappa shape index (κ3) is 1.94. The Morgan fingerprint density at radius 1 is 1.17 bits per heavy atom. The summed E-state index contributed by atoms with van der Waals surface area (Å²) in [6.07, 6.45) is 0. The van der Waals surface area contributed by atoms with E-state index in [2.05, 4.69) is 5.10 Å². The largest absolute Gasteiger partial charge is 0.476 e. The van der Waals surface area contributed by atoms with Crippen LogP contribution < -0.4 is 0 Å². The van der Waals surface area contributed by atoms with Crippen LogP contribution in [0.2, 0.25) is 0 Å². The van der Waals surface area contributed by atoms with E-state index in [1.165, 1.54) is 7.05 Å². The van der Waals surface area contributed by atoms with Gasteiger partial charge in [0.05, 0.1) is 5.69 Å². The normalized spacial score (nSPS) is 10.7. The van der Waals surface area contributed by atoms with Crippen LogP contribution in [0.15, 0.2) is 18.2 Å². The molecule has 0 aliphatic heterocycles. The molecule has 94 valence electrons. The molecule has 0 fully saturated rings. The highest BCUT2D eigenvalue weighted by molar-refractivity contribution is 5.87. The molecule has 0 aliphatic carbocycles. The number of aryl methyl sites for hydroxylation is 1. The van der Waals surface area contributed by atoms with E-state index in [1.54, 1.807) is 0 Å². The van der Waals surface area contributed by atoms with E-state index >= 15 is 0 Å². The van der Waals surface area contributed by atoms with E-state index in [0.717, 1.165) is 10.7 Å². The van der Waals surface area contributed by atoms with Crippen LogP contribution in [0.3, 0.4) is 0 Å². The van der Waals surface area contributed by atoms with Gasteiger partial charge >= 0.3 is 5.97 Å². The van der Waals surface area contributed by atoms with Gasteiger partial charge in [-0.25, -0.2) is 18.0 Å². The minimum Gasteiger partial charge on any atom is -0.476 e. The molecule has 0 aliphatic rings. The fourth-order valence-corrected chi connectivity index (χ4v) is 1.54. The fourth-order valence-electron chi connectivity index (χ4n) is 1.54. The van der Waals surface area contributed by atoms with E-state index in [1.807, 2.05) is 0 Å². The van der Waals surface area contributed by atoms with Crippen molar-refractivity contribution in [3.05, 3.63) is 41.3 Å². The zero-order valence-electron chi connectivity index (χ0n) is 9.12. The van der Waals surface area contributed by atoms with Gasteiger partial charge in [0.1, 0.15) is 5.82 Å². The lowest BCUT2D eigenvalue weighted by molar-refractivity contribution is 0.0689. The molecule has 0 spiro atoms. The third-order valence-electron chi connectivity index (χ3n) is 2.38. The minimum absolute atomic E-state index is 0.0452. The van der Waals surface area contributed by atoms with E-state index in [-0.39, 0.29) is 17.0 Å². The number of aromatic nitrogens is 2. The van der Waals surface area contributed by atoms with Gasteiger partial charge in [-0.1, -0.05) is 0 Å². The van der Waals surface area contributed by atoms with E-state index in [0.29, 0.717) is 12.1 Å². The first-order chi connectivity index (χ1) is 8.40. The molecule has 0 atom stereocenters. The maximum Gasteiger partial charge on any atom is 0.356 e. The van der Waals surface area contributed by atoms with Crippen molar-refractivity contribution in [3.63, 3.8) is 0 Å². The van der Waals surface area contributed by atoms with Crippen LogP contribution in [0.1, 0.15) is 10.5 Å². The van der Waals surface area contributed by atoms with Crippen molar-refractivity contribution in [2.45, 2.75) is 0 Å². The van der Waals surface area contributed by atoms with Crippen LogP contribution in [0.25, 0.3) is 11.3 Å². The molecular formula is C11H7F3N2O2. The van der Waals surface area contributed by atoms with Crippen molar-refractivity contribution in [1.82, 2.24) is 9.78 Å². The van der Waals surface area contributed by atoms with Crippen LogP contribution >= 0.6 is 0 Å². The molecule has 4 nitrogen and oxygen atoms in total. The first-order valence-corrected chi connectivity index (χ1v) is 4.82. The summed E-state index contributed by atoms with van der Waals surface area (Å²) in [5.74, 6) is -4.81. The SMILES string of the molecule is Cn1nc(C(=O)O)cc1-c1cc(F)c(F)cc1F. The molecule has 0 unspecified atom stereocenters. The lowest BCUT2D eigenvalue weighted by atomic mass is 10.1. The topological polar surface area (TPSA) is 55.1 Å². The summed E-state index contributed by atoms with van der Waals surface area (Å²) >= 11 is 0. The Morgan fingerprint density at radius 2 is 1.78 bits per heavy atom. The maximum atomic E-state index is 13.5. The van der Waals surface area contributed by atoms with Crippen LogP contribution in [-0.2, 0) is 7.05 Å². The average molecular weight is 256 g/mol. The Labute approximate surface area is 99.3 Å². The number of carboxylic acid groups (broad SMARTS) is 1. The summed E-state index contributed by atoms with van der Waals surface area (Å²) in [7, 11) is 1.38. The summed E-state index contributed by atoms with van der Waals surface area (Å²) in [6.45, 7) is 0. The molecule has 18 heavy (non-hydrogen) atoms. The Bertz CT molecular complexity index is 637. The second kappa shape index (κ2) is 4.17. The summed E-state index contributed by atoms with van der Waals surface area (Å²) in [5, 5.41) is 12.3. The molecule has 7 heteroatoms. The van der Waals surface area contributed by atoms with E-state index in [9.17, 15) is 18.0 Å². The summed E-state index contributed by atoms with van der Waals surface area (Å²) in [4.78, 5) is 10.7. The van der Waals surface area contributed by atoms with Crippen molar-refractivity contribution in [3.8, 4) is 11.3 Å². The fraction of sp³-hybridized carbons (Fsp3) is 0.0909. The smallest absolute Gasteiger partial charge is 0.356 e. The zero-order valence-corrected chi connectivity index (χ0v) is 9.12. The third-order valence-corrected chi connectivity index (χ3v) is 2.38. The van der Waals surface area contributed by atoms with Gasteiger partial charge in [0.25, 0.3) is 0 Å². The number of benzene rings is 1. The van der Waals surface area contributed by atoms with Crippen LogP contribution in [0, 0.1) is 17.5 Å². The van der Waals surface area contributed by atoms with Crippen LogP contribution in [0.4, 0.5) is 13.2 Å². The van der Waals surface area contributed by atoms with E-state index < -0.39 is 23.4 Å². The predicted octanol–water partition coefficient (Wildman–Crippen LogP) is 2.20. The number of rotatable bonds is 2. The molecule has 2 aromatic rings. The van der Waals surface area contributed by atoms with Gasteiger partial charge in [-0.05, 0) is 12.1 Å². The minimum atomic E-state index is -1.31. The van der Waals surface area contributed by atoms with Crippen molar-refractivity contribution in [1.29, 1.82) is 0 Å². The second-order valence-corrected chi connectivity index (χ2v) is 3.59. The lowest BCUT2D eigenvalue weighted by Crippen LogP contribution is -2.00. The van der Waals surface area contributed by atoms with Crippen LogP contribution in [0.5, 0.6) is 0 Å². The number of carboxylic acids is 1. The summed E-state index contributed by atoms with van der Waals surface area (Å²) in [6, 6.07) is 2.14. The highest BCUT2D eigenvalue weighted by Gasteiger charge is 2.17. The van der Waals surface area contributed by atoms with Crippen molar-refractivity contribution < 1.29 is 23.1 Å². The lowest BCUT2D eigenvalue weighted by Gasteiger charge is -2.04. The van der Waals surface area contributed by atoms with Gasteiger partial charge < -0.3 is 5.11 Å². The second-order valence-electron chi connectivity index (χ2n) is 3.59. The standard InChI is InChI=1S/C11H7F3N2O2/c1-16-10(4-9(15-16)11(17)18)5-2-7(13)8(14)3-6(5)12/h2-4H,1H3,(H,17,18). The van der Waals surface area contributed by atoms with Crippen LogP contribution in [-0.4, -0.2) is 20.9 Å². The molecule has 0 saturated heterocycles. The molecule has 0 radical (unpaired) electrons. The van der Waals surface area contributed by atoms with Crippen molar-refractivity contribution in [2.75, 3.05) is 0 Å². The number of nitrogens with zero attached hydrogens (tertiary/aromatic N) is 2. The quantitative estimate of drug-likeness (QED) is 0.838. The molecule has 0 amide bonds. The Morgan fingerprint density at radius 3 is 2.33 bits per heavy atom. The molecule has 2 rings (SSSR count). The summed E-state index contributed by atoms with van der Waals surface area (Å²) < 4.78 is 40.4. The van der Waals surface area contributed by atoms with Gasteiger partial charge in [0, 0.05) is 18.7 Å². The predicted molar refractivity (Wildman–Crippen MR) is 55.5 cm³/mol. The van der Waals surface area contributed by atoms with Gasteiger partial charge in [0.2, 0.25) is 0 Å². The monoisotopic (exact) mass is 256 g/mol. The number of hydrogen-bond acceptors (Lipinski definition) is 2. The maximum absolute atomic E-state index is 13.5. The van der Waals surface area contributed by atoms with Gasteiger partial charge in [-0.2, -0.15) is 5.10 Å². The number of halogens is 3. The molecule has 0 saturated carbocycles. The van der Waals surface area contributed by atoms with Crippen molar-refractivity contribution in [2.24, 2.45) is 7.05 Å². The van der Waals surface area contributed by atoms with Crippen molar-refractivity contribution >= 4 is 5.97 Å². The Balaban J connectivity index is 2.62. The van der Waals surface area contributed by atoms with Gasteiger partial charge in [0.15, 0.2) is 17.3 Å². The van der Waals surface area contributed by atoms with E-state index in [4.69, 9.17) is 5.11 Å². The molecule has 1 N–H and O–H groups in total. The summed E-state index contributed by atoms with van der Waals surface area (Å²) in [5.41, 5.74) is -0.517. The molecular weight excluding hydrogens is 249 g/mol. The number of aromatic carboxylic acids is 1. The number of carbonyl (C=O) groups is 1. The molecule has 1 aromatic heterocycles. The molecule has 1 aromatic carbocycles. The van der Waals surface area contributed by atoms with Gasteiger partial charge in [-0.15, -0.1) is 0 Å². The molecule has 0 bridgehead atoms. The zero-order chi connectivity index (χ0) is 13.4.